The van der Waals surface area contributed by atoms with Crippen molar-refractivity contribution >= 4 is 11.6 Å². The molecule has 0 aliphatic carbocycles. The van der Waals surface area contributed by atoms with Crippen molar-refractivity contribution in [2.24, 2.45) is 0 Å². The van der Waals surface area contributed by atoms with Crippen LogP contribution in [-0.4, -0.2) is 13.7 Å². The van der Waals surface area contributed by atoms with Gasteiger partial charge in [0.05, 0.1) is 7.11 Å². The van der Waals surface area contributed by atoms with Gasteiger partial charge in [-0.25, -0.2) is 0 Å². The van der Waals surface area contributed by atoms with Crippen LogP contribution in [0.3, 0.4) is 0 Å². The molecule has 0 amide bonds. The summed E-state index contributed by atoms with van der Waals surface area (Å²) in [6, 6.07) is 4.23. The minimum Gasteiger partial charge on any atom is -0.496 e. The fourth-order valence-electron chi connectivity index (χ4n) is 2.78. The summed E-state index contributed by atoms with van der Waals surface area (Å²) in [6.45, 7) is 7.58. The van der Waals surface area contributed by atoms with E-state index in [-0.39, 0.29) is 5.54 Å². The van der Waals surface area contributed by atoms with E-state index < -0.39 is 0 Å². The van der Waals surface area contributed by atoms with Gasteiger partial charge in [0, 0.05) is 16.1 Å². The van der Waals surface area contributed by atoms with Crippen molar-refractivity contribution in [2.75, 3.05) is 13.7 Å². The minimum atomic E-state index is 0.0342. The van der Waals surface area contributed by atoms with Gasteiger partial charge in [-0.15, -0.1) is 0 Å². The summed E-state index contributed by atoms with van der Waals surface area (Å²) in [5, 5.41) is 4.38. The Bertz CT molecular complexity index is 436. The molecule has 1 N–H and O–H groups in total. The van der Waals surface area contributed by atoms with E-state index in [2.05, 4.69) is 38.2 Å². The average molecular weight is 268 g/mol. The molecule has 0 aromatic heterocycles. The summed E-state index contributed by atoms with van der Waals surface area (Å²) in [4.78, 5) is 0. The highest BCUT2D eigenvalue weighted by Crippen LogP contribution is 2.39. The van der Waals surface area contributed by atoms with Crippen LogP contribution in [0.2, 0.25) is 5.02 Å². The second-order valence-electron chi connectivity index (χ2n) is 5.59. The van der Waals surface area contributed by atoms with E-state index in [1.54, 1.807) is 7.11 Å². The van der Waals surface area contributed by atoms with Gasteiger partial charge >= 0.3 is 0 Å². The van der Waals surface area contributed by atoms with E-state index in [0.717, 1.165) is 29.3 Å². The Balaban J connectivity index is 2.49. The maximum atomic E-state index is 6.44. The van der Waals surface area contributed by atoms with Crippen LogP contribution < -0.4 is 10.1 Å². The molecule has 0 radical (unpaired) electrons. The number of rotatable bonds is 3. The second kappa shape index (κ2) is 5.10. The number of benzene rings is 1. The maximum absolute atomic E-state index is 6.44. The van der Waals surface area contributed by atoms with Crippen LogP contribution in [0.15, 0.2) is 12.1 Å². The molecule has 100 valence electrons. The van der Waals surface area contributed by atoms with Crippen LogP contribution in [-0.2, 0) is 5.54 Å². The third-order valence-corrected chi connectivity index (χ3v) is 4.21. The summed E-state index contributed by atoms with van der Waals surface area (Å²) in [5.74, 6) is 1.27. The fraction of sp³-hybridized carbons (Fsp3) is 0.600. The minimum absolute atomic E-state index is 0.0342. The Labute approximate surface area is 115 Å². The zero-order valence-electron chi connectivity index (χ0n) is 11.6. The molecule has 18 heavy (non-hydrogen) atoms. The number of nitrogens with one attached hydrogen (secondary N) is 1. The molecule has 1 aromatic rings. The molecular weight excluding hydrogens is 246 g/mol. The van der Waals surface area contributed by atoms with E-state index >= 15 is 0 Å². The molecule has 1 aliphatic heterocycles. The third-order valence-electron chi connectivity index (χ3n) is 3.89. The van der Waals surface area contributed by atoms with E-state index in [0.29, 0.717) is 5.92 Å². The van der Waals surface area contributed by atoms with Crippen molar-refractivity contribution in [1.29, 1.82) is 0 Å². The predicted octanol–water partition coefficient (Wildman–Crippen LogP) is 4.07. The van der Waals surface area contributed by atoms with Crippen LogP contribution in [0, 0.1) is 0 Å². The first kappa shape index (κ1) is 13.7. The summed E-state index contributed by atoms with van der Waals surface area (Å²) in [5.41, 5.74) is 2.36. The number of hydrogen-bond acceptors (Lipinski definition) is 2. The van der Waals surface area contributed by atoms with Gasteiger partial charge in [-0.3, -0.25) is 0 Å². The molecule has 1 saturated heterocycles. The number of ether oxygens (including phenoxy) is 1. The first-order valence-corrected chi connectivity index (χ1v) is 6.98. The highest BCUT2D eigenvalue weighted by Gasteiger charge is 2.31. The number of halogens is 1. The topological polar surface area (TPSA) is 21.3 Å². The molecule has 1 atom stereocenters. The van der Waals surface area contributed by atoms with Gasteiger partial charge in [0.25, 0.3) is 0 Å². The Morgan fingerprint density at radius 2 is 2.11 bits per heavy atom. The van der Waals surface area contributed by atoms with Crippen LogP contribution in [0.1, 0.15) is 50.7 Å². The summed E-state index contributed by atoms with van der Waals surface area (Å²) >= 11 is 6.44. The van der Waals surface area contributed by atoms with Crippen molar-refractivity contribution in [1.82, 2.24) is 5.32 Å². The largest absolute Gasteiger partial charge is 0.496 e. The highest BCUT2D eigenvalue weighted by atomic mass is 35.5. The van der Waals surface area contributed by atoms with Crippen molar-refractivity contribution in [2.45, 2.75) is 45.1 Å². The third kappa shape index (κ3) is 2.36. The van der Waals surface area contributed by atoms with Crippen LogP contribution in [0.4, 0.5) is 0 Å². The van der Waals surface area contributed by atoms with Crippen LogP contribution in [0.25, 0.3) is 0 Å². The molecule has 1 aliphatic rings. The van der Waals surface area contributed by atoms with E-state index in [1.165, 1.54) is 12.0 Å². The van der Waals surface area contributed by atoms with Gasteiger partial charge in [-0.05, 0) is 49.9 Å². The lowest BCUT2D eigenvalue weighted by Gasteiger charge is -2.27. The van der Waals surface area contributed by atoms with Gasteiger partial charge in [0.15, 0.2) is 0 Å². The summed E-state index contributed by atoms with van der Waals surface area (Å²) in [7, 11) is 1.71. The van der Waals surface area contributed by atoms with E-state index in [4.69, 9.17) is 16.3 Å². The number of methoxy groups -OCH3 is 1. The molecule has 0 saturated carbocycles. The van der Waals surface area contributed by atoms with E-state index in [9.17, 15) is 0 Å². The lowest BCUT2D eigenvalue weighted by atomic mass is 9.88. The van der Waals surface area contributed by atoms with Crippen molar-refractivity contribution in [3.05, 3.63) is 28.3 Å². The van der Waals surface area contributed by atoms with Gasteiger partial charge in [-0.1, -0.05) is 25.4 Å². The Hall–Kier alpha value is -0.730. The fourth-order valence-corrected chi connectivity index (χ4v) is 3.21. The lowest BCUT2D eigenvalue weighted by molar-refractivity contribution is 0.398. The monoisotopic (exact) mass is 267 g/mol. The first-order chi connectivity index (χ1) is 8.48. The van der Waals surface area contributed by atoms with Gasteiger partial charge in [0.1, 0.15) is 5.75 Å². The van der Waals surface area contributed by atoms with Crippen molar-refractivity contribution in [3.8, 4) is 5.75 Å². The molecule has 3 heteroatoms. The molecule has 2 nitrogen and oxygen atoms in total. The maximum Gasteiger partial charge on any atom is 0.124 e. The standard InChI is InChI=1S/C15H22ClNO/c1-10(2)14-12(16)8-11(9-13(14)18-4)15(3)6-5-7-17-15/h8-10,17H,5-7H2,1-4H3. The van der Waals surface area contributed by atoms with Crippen molar-refractivity contribution in [3.63, 3.8) is 0 Å². The Kier molecular flexibility index (Phi) is 3.88. The molecule has 1 aromatic carbocycles. The SMILES string of the molecule is COc1cc(C2(C)CCCN2)cc(Cl)c1C(C)C. The molecule has 1 unspecified atom stereocenters. The normalized spacial score (nSPS) is 23.7. The van der Waals surface area contributed by atoms with E-state index in [1.807, 2.05) is 0 Å². The Morgan fingerprint density at radius 1 is 1.39 bits per heavy atom. The summed E-state index contributed by atoms with van der Waals surface area (Å²) in [6.07, 6.45) is 2.36. The predicted molar refractivity (Wildman–Crippen MR) is 76.7 cm³/mol. The number of hydrogen-bond donors (Lipinski definition) is 1. The average Bonchev–Trinajstić information content (AvgIpc) is 2.75. The molecule has 2 rings (SSSR count). The van der Waals surface area contributed by atoms with Crippen LogP contribution in [0.5, 0.6) is 5.75 Å². The summed E-state index contributed by atoms with van der Waals surface area (Å²) < 4.78 is 5.52. The van der Waals surface area contributed by atoms with Gasteiger partial charge in [0.2, 0.25) is 0 Å². The van der Waals surface area contributed by atoms with Crippen molar-refractivity contribution < 1.29 is 4.74 Å². The zero-order chi connectivity index (χ0) is 13.3. The van der Waals surface area contributed by atoms with Gasteiger partial charge < -0.3 is 10.1 Å². The van der Waals surface area contributed by atoms with Gasteiger partial charge in [-0.2, -0.15) is 0 Å². The van der Waals surface area contributed by atoms with Crippen LogP contribution >= 0.6 is 11.6 Å². The molecular formula is C15H22ClNO. The molecule has 1 fully saturated rings. The second-order valence-corrected chi connectivity index (χ2v) is 6.00. The zero-order valence-corrected chi connectivity index (χ0v) is 12.4. The highest BCUT2D eigenvalue weighted by molar-refractivity contribution is 6.31. The molecule has 1 heterocycles. The smallest absolute Gasteiger partial charge is 0.124 e. The molecule has 0 spiro atoms. The molecule has 0 bridgehead atoms. The first-order valence-electron chi connectivity index (χ1n) is 6.61. The quantitative estimate of drug-likeness (QED) is 0.891. The lowest BCUT2D eigenvalue weighted by Crippen LogP contribution is -2.33. The Morgan fingerprint density at radius 3 is 2.61 bits per heavy atom.